The molecule has 0 aliphatic rings. The van der Waals surface area contributed by atoms with Crippen LogP contribution >= 0.6 is 0 Å². The fourth-order valence-corrected chi connectivity index (χ4v) is 0.895. The molecule has 1 nitrogen and oxygen atoms in total. The number of aryl methyl sites for hydroxylation is 2. The highest BCUT2D eigenvalue weighted by atomic mass is 16.1. The molecule has 1 rings (SSSR count). The average molecular weight is 144 g/mol. The van der Waals surface area contributed by atoms with Crippen molar-refractivity contribution in [2.45, 2.75) is 13.8 Å². The van der Waals surface area contributed by atoms with E-state index >= 15 is 0 Å². The first-order valence-corrected chi connectivity index (χ1v) is 3.48. The maximum absolute atomic E-state index is 10.7. The summed E-state index contributed by atoms with van der Waals surface area (Å²) < 4.78 is 0. The van der Waals surface area contributed by atoms with Gasteiger partial charge in [0, 0.05) is 5.56 Å². The SMILES string of the molecule is [B]C(=O)c1ccc(C)c(C)c1. The zero-order chi connectivity index (χ0) is 8.43. The van der Waals surface area contributed by atoms with Gasteiger partial charge in [-0.2, -0.15) is 0 Å². The lowest BCUT2D eigenvalue weighted by Crippen LogP contribution is -1.97. The molecule has 0 aliphatic heterocycles. The summed E-state index contributed by atoms with van der Waals surface area (Å²) in [6.45, 7) is 3.96. The van der Waals surface area contributed by atoms with E-state index in [1.807, 2.05) is 19.9 Å². The van der Waals surface area contributed by atoms with Crippen LogP contribution in [0.2, 0.25) is 0 Å². The molecule has 0 fully saturated rings. The number of carbonyl (C=O) groups excluding carboxylic acids is 1. The van der Waals surface area contributed by atoms with Gasteiger partial charge in [0.25, 0.3) is 0 Å². The second kappa shape index (κ2) is 2.91. The van der Waals surface area contributed by atoms with E-state index < -0.39 is 0 Å². The molecule has 0 aromatic heterocycles. The van der Waals surface area contributed by atoms with E-state index in [9.17, 15) is 4.79 Å². The van der Waals surface area contributed by atoms with Crippen LogP contribution in [0.3, 0.4) is 0 Å². The molecule has 0 spiro atoms. The summed E-state index contributed by atoms with van der Waals surface area (Å²) in [6, 6.07) is 5.44. The largest absolute Gasteiger partial charge is 0.307 e. The van der Waals surface area contributed by atoms with Gasteiger partial charge in [-0.25, -0.2) is 0 Å². The van der Waals surface area contributed by atoms with Crippen LogP contribution in [0.4, 0.5) is 0 Å². The summed E-state index contributed by atoms with van der Waals surface area (Å²) in [7, 11) is 5.09. The third-order valence-corrected chi connectivity index (χ3v) is 1.79. The van der Waals surface area contributed by atoms with Crippen LogP contribution in [-0.2, 0) is 0 Å². The third kappa shape index (κ3) is 1.70. The van der Waals surface area contributed by atoms with Crippen molar-refractivity contribution >= 4 is 13.5 Å². The molecule has 2 radical (unpaired) electrons. The van der Waals surface area contributed by atoms with Gasteiger partial charge in [-0.3, -0.25) is 0 Å². The van der Waals surface area contributed by atoms with Crippen molar-refractivity contribution in [3.05, 3.63) is 34.9 Å². The summed E-state index contributed by atoms with van der Waals surface area (Å²) in [4.78, 5) is 10.7. The van der Waals surface area contributed by atoms with Gasteiger partial charge in [0.05, 0.1) is 0 Å². The second-order valence-electron chi connectivity index (χ2n) is 2.66. The highest BCUT2D eigenvalue weighted by Gasteiger charge is 1.98. The van der Waals surface area contributed by atoms with Crippen LogP contribution in [0.5, 0.6) is 0 Å². The molecule has 2 heteroatoms. The molecule has 0 heterocycles. The van der Waals surface area contributed by atoms with Crippen molar-refractivity contribution in [2.75, 3.05) is 0 Å². The van der Waals surface area contributed by atoms with Gasteiger partial charge in [-0.15, -0.1) is 0 Å². The fraction of sp³-hybridized carbons (Fsp3) is 0.222. The lowest BCUT2D eigenvalue weighted by molar-refractivity contribution is 0.108. The Morgan fingerprint density at radius 2 is 1.91 bits per heavy atom. The molecular weight excluding hydrogens is 135 g/mol. The lowest BCUT2D eigenvalue weighted by atomic mass is 9.93. The smallest absolute Gasteiger partial charge is 0.175 e. The van der Waals surface area contributed by atoms with Gasteiger partial charge in [0.15, 0.2) is 7.85 Å². The Bertz CT molecular complexity index is 292. The van der Waals surface area contributed by atoms with E-state index in [1.165, 1.54) is 5.56 Å². The van der Waals surface area contributed by atoms with Gasteiger partial charge in [-0.1, -0.05) is 12.1 Å². The van der Waals surface area contributed by atoms with Gasteiger partial charge >= 0.3 is 0 Å². The minimum Gasteiger partial charge on any atom is -0.307 e. The molecule has 0 atom stereocenters. The van der Waals surface area contributed by atoms with E-state index in [4.69, 9.17) is 7.85 Å². The molecule has 0 bridgehead atoms. The lowest BCUT2D eigenvalue weighted by Gasteiger charge is -2.00. The molecule has 0 unspecified atom stereocenters. The Kier molecular flexibility index (Phi) is 2.13. The minimum atomic E-state index is -0.367. The van der Waals surface area contributed by atoms with Gasteiger partial charge in [0.2, 0.25) is 0 Å². The number of hydrogen-bond acceptors (Lipinski definition) is 1. The van der Waals surface area contributed by atoms with Crippen LogP contribution in [-0.4, -0.2) is 13.5 Å². The van der Waals surface area contributed by atoms with Crippen molar-refractivity contribution in [1.82, 2.24) is 0 Å². The van der Waals surface area contributed by atoms with Crippen LogP contribution in [0.1, 0.15) is 21.5 Å². The van der Waals surface area contributed by atoms with Crippen LogP contribution in [0.25, 0.3) is 0 Å². The van der Waals surface area contributed by atoms with Crippen LogP contribution in [0, 0.1) is 13.8 Å². The number of benzene rings is 1. The molecule has 54 valence electrons. The standard InChI is InChI=1S/C9H9BO/c1-6-3-4-8(9(10)11)5-7(6)2/h3-5H,1-2H3. The van der Waals surface area contributed by atoms with Crippen LogP contribution in [0.15, 0.2) is 18.2 Å². The van der Waals surface area contributed by atoms with Gasteiger partial charge < -0.3 is 4.79 Å². The Labute approximate surface area is 67.8 Å². The van der Waals surface area contributed by atoms with Crippen molar-refractivity contribution in [3.63, 3.8) is 0 Å². The fourth-order valence-electron chi connectivity index (χ4n) is 0.895. The second-order valence-corrected chi connectivity index (χ2v) is 2.66. The van der Waals surface area contributed by atoms with Gasteiger partial charge in [-0.05, 0) is 31.0 Å². The molecule has 1 aromatic rings. The molecule has 0 amide bonds. The van der Waals surface area contributed by atoms with E-state index in [-0.39, 0.29) is 5.68 Å². The maximum Gasteiger partial charge on any atom is 0.175 e. The maximum atomic E-state index is 10.7. The quantitative estimate of drug-likeness (QED) is 0.547. The normalized spacial score (nSPS) is 9.64. The number of rotatable bonds is 1. The summed E-state index contributed by atoms with van der Waals surface area (Å²) >= 11 is 0. The number of hydrogen-bond donors (Lipinski definition) is 0. The average Bonchev–Trinajstić information content (AvgIpc) is 1.94. The molecule has 0 N–H and O–H groups in total. The first kappa shape index (κ1) is 8.06. The highest BCUT2D eigenvalue weighted by Crippen LogP contribution is 2.08. The Balaban J connectivity index is 3.15. The summed E-state index contributed by atoms with van der Waals surface area (Å²) in [5.41, 5.74) is 2.48. The predicted octanol–water partition coefficient (Wildman–Crippen LogP) is 1.61. The number of carbonyl (C=O) groups is 1. The summed E-state index contributed by atoms with van der Waals surface area (Å²) in [6.07, 6.45) is 0. The highest BCUT2D eigenvalue weighted by molar-refractivity contribution is 6.62. The molecule has 1 aromatic carbocycles. The van der Waals surface area contributed by atoms with Crippen molar-refractivity contribution in [1.29, 1.82) is 0 Å². The van der Waals surface area contributed by atoms with E-state index in [2.05, 4.69) is 0 Å². The summed E-state index contributed by atoms with van der Waals surface area (Å²) in [5, 5.41) is 0. The third-order valence-electron chi connectivity index (χ3n) is 1.79. The molecule has 0 saturated heterocycles. The van der Waals surface area contributed by atoms with E-state index in [0.29, 0.717) is 5.56 Å². The summed E-state index contributed by atoms with van der Waals surface area (Å²) in [5.74, 6) is 0. The Hall–Kier alpha value is -1.05. The first-order chi connectivity index (χ1) is 5.11. The van der Waals surface area contributed by atoms with E-state index in [1.54, 1.807) is 12.1 Å². The Morgan fingerprint density at radius 3 is 2.36 bits per heavy atom. The molecular formula is C9H9BO. The van der Waals surface area contributed by atoms with Gasteiger partial charge in [0.1, 0.15) is 5.68 Å². The Morgan fingerprint density at radius 1 is 1.27 bits per heavy atom. The zero-order valence-electron chi connectivity index (χ0n) is 6.72. The van der Waals surface area contributed by atoms with Crippen molar-refractivity contribution in [2.24, 2.45) is 0 Å². The molecule has 0 saturated carbocycles. The van der Waals surface area contributed by atoms with Crippen molar-refractivity contribution in [3.8, 4) is 0 Å². The van der Waals surface area contributed by atoms with Crippen molar-refractivity contribution < 1.29 is 4.79 Å². The zero-order valence-corrected chi connectivity index (χ0v) is 6.72. The predicted molar refractivity (Wildman–Crippen MR) is 46.0 cm³/mol. The minimum absolute atomic E-state index is 0.367. The van der Waals surface area contributed by atoms with Crippen LogP contribution < -0.4 is 0 Å². The molecule has 11 heavy (non-hydrogen) atoms. The first-order valence-electron chi connectivity index (χ1n) is 3.48. The molecule has 0 aliphatic carbocycles. The monoisotopic (exact) mass is 144 g/mol. The van der Waals surface area contributed by atoms with E-state index in [0.717, 1.165) is 5.56 Å². The topological polar surface area (TPSA) is 17.1 Å².